The van der Waals surface area contributed by atoms with Crippen LogP contribution in [0.3, 0.4) is 0 Å². The lowest BCUT2D eigenvalue weighted by Gasteiger charge is -2.00. The summed E-state index contributed by atoms with van der Waals surface area (Å²) in [5, 5.41) is 0. The molecule has 1 fully saturated rings. The molecule has 1 atom stereocenters. The van der Waals surface area contributed by atoms with Crippen LogP contribution in [0.1, 0.15) is 25.7 Å². The van der Waals surface area contributed by atoms with Crippen molar-refractivity contribution < 1.29 is 9.47 Å². The van der Waals surface area contributed by atoms with E-state index in [1.54, 1.807) is 0 Å². The normalized spacial score (nSPS) is 21.2. The van der Waals surface area contributed by atoms with Gasteiger partial charge in [0.25, 0.3) is 0 Å². The molecular weight excluding hydrogens is 267 g/mol. The Labute approximate surface area is 88.1 Å². The van der Waals surface area contributed by atoms with E-state index in [2.05, 4.69) is 22.6 Å². The molecule has 0 aromatic carbocycles. The second-order valence-corrected chi connectivity index (χ2v) is 4.21. The third kappa shape index (κ3) is 6.20. The van der Waals surface area contributed by atoms with Gasteiger partial charge >= 0.3 is 0 Å². The maximum atomic E-state index is 5.41. The summed E-state index contributed by atoms with van der Waals surface area (Å²) in [6.45, 7) is 2.64. The maximum absolute atomic E-state index is 5.41. The third-order valence-electron chi connectivity index (χ3n) is 1.88. The van der Waals surface area contributed by atoms with Crippen molar-refractivity contribution >= 4 is 22.6 Å². The predicted octanol–water partition coefficient (Wildman–Crippen LogP) is 2.40. The van der Waals surface area contributed by atoms with Crippen LogP contribution in [0.25, 0.3) is 0 Å². The summed E-state index contributed by atoms with van der Waals surface area (Å²) < 4.78 is 11.7. The molecule has 0 amide bonds. The molecule has 0 saturated carbocycles. The van der Waals surface area contributed by atoms with Gasteiger partial charge in [-0.05, 0) is 17.3 Å². The molecular formula is C9H17IO2. The third-order valence-corrected chi connectivity index (χ3v) is 2.64. The number of alkyl halides is 1. The second-order valence-electron chi connectivity index (χ2n) is 3.13. The fourth-order valence-corrected chi connectivity index (χ4v) is 1.57. The van der Waals surface area contributed by atoms with Crippen molar-refractivity contribution in [2.45, 2.75) is 31.8 Å². The van der Waals surface area contributed by atoms with E-state index >= 15 is 0 Å². The monoisotopic (exact) mass is 284 g/mol. The Morgan fingerprint density at radius 2 is 2.00 bits per heavy atom. The molecule has 2 nitrogen and oxygen atoms in total. The van der Waals surface area contributed by atoms with Crippen molar-refractivity contribution in [2.24, 2.45) is 0 Å². The van der Waals surface area contributed by atoms with Gasteiger partial charge in [0.2, 0.25) is 0 Å². The highest BCUT2D eigenvalue weighted by Gasteiger charge is 2.21. The van der Waals surface area contributed by atoms with Gasteiger partial charge in [-0.25, -0.2) is 0 Å². The van der Waals surface area contributed by atoms with Crippen molar-refractivity contribution in [3.8, 4) is 0 Å². The number of unbranched alkanes of at least 4 members (excludes halogenated alkanes) is 3. The van der Waals surface area contributed by atoms with E-state index in [0.29, 0.717) is 6.10 Å². The summed E-state index contributed by atoms with van der Waals surface area (Å²) >= 11 is 2.42. The molecule has 1 heterocycles. The van der Waals surface area contributed by atoms with E-state index in [4.69, 9.17) is 9.47 Å². The molecule has 0 N–H and O–H groups in total. The summed E-state index contributed by atoms with van der Waals surface area (Å²) in [4.78, 5) is 0. The maximum Gasteiger partial charge on any atom is 0.104 e. The lowest BCUT2D eigenvalue weighted by Crippen LogP contribution is -2.02. The highest BCUT2D eigenvalue weighted by molar-refractivity contribution is 14.1. The molecule has 12 heavy (non-hydrogen) atoms. The first-order valence-corrected chi connectivity index (χ1v) is 6.21. The number of halogens is 1. The van der Waals surface area contributed by atoms with Gasteiger partial charge in [-0.15, -0.1) is 0 Å². The van der Waals surface area contributed by atoms with Crippen molar-refractivity contribution in [3.05, 3.63) is 0 Å². The first-order chi connectivity index (χ1) is 5.93. The molecule has 0 bridgehead atoms. The molecule has 0 radical (unpaired) electrons. The van der Waals surface area contributed by atoms with Crippen LogP contribution < -0.4 is 0 Å². The first kappa shape index (κ1) is 10.7. The van der Waals surface area contributed by atoms with E-state index in [1.807, 2.05) is 0 Å². The van der Waals surface area contributed by atoms with Crippen LogP contribution in [0.5, 0.6) is 0 Å². The summed E-state index contributed by atoms with van der Waals surface area (Å²) in [5.74, 6) is 0. The Morgan fingerprint density at radius 3 is 2.67 bits per heavy atom. The van der Waals surface area contributed by atoms with Crippen LogP contribution in [0.4, 0.5) is 0 Å². The zero-order chi connectivity index (χ0) is 8.65. The minimum absolute atomic E-state index is 0.430. The summed E-state index contributed by atoms with van der Waals surface area (Å²) in [6, 6.07) is 0. The van der Waals surface area contributed by atoms with Crippen molar-refractivity contribution in [1.82, 2.24) is 0 Å². The molecule has 1 unspecified atom stereocenters. The predicted molar refractivity (Wildman–Crippen MR) is 57.9 cm³/mol. The summed E-state index contributed by atoms with van der Waals surface area (Å²) in [7, 11) is 0. The van der Waals surface area contributed by atoms with E-state index in [1.165, 1.54) is 30.1 Å². The second kappa shape index (κ2) is 7.09. The summed E-state index contributed by atoms with van der Waals surface area (Å²) in [6.07, 6.45) is 5.66. The minimum atomic E-state index is 0.430. The Balaban J connectivity index is 1.65. The SMILES string of the molecule is ICCCCCCOCC1CO1. The Bertz CT molecular complexity index is 105. The zero-order valence-corrected chi connectivity index (χ0v) is 9.59. The molecule has 1 aliphatic rings. The number of rotatable bonds is 8. The van der Waals surface area contributed by atoms with Gasteiger partial charge in [-0.1, -0.05) is 35.4 Å². The van der Waals surface area contributed by atoms with Gasteiger partial charge in [0, 0.05) is 6.61 Å². The number of ether oxygens (including phenoxy) is 2. The van der Waals surface area contributed by atoms with Crippen LogP contribution in [0, 0.1) is 0 Å². The molecule has 3 heteroatoms. The molecule has 0 aliphatic carbocycles. The quantitative estimate of drug-likeness (QED) is 0.295. The average Bonchev–Trinajstić information content (AvgIpc) is 2.87. The van der Waals surface area contributed by atoms with Crippen LogP contribution in [-0.2, 0) is 9.47 Å². The van der Waals surface area contributed by atoms with Gasteiger partial charge in [0.1, 0.15) is 6.10 Å². The van der Waals surface area contributed by atoms with E-state index in [0.717, 1.165) is 19.8 Å². The average molecular weight is 284 g/mol. The van der Waals surface area contributed by atoms with Crippen molar-refractivity contribution in [1.29, 1.82) is 0 Å². The molecule has 1 rings (SSSR count). The van der Waals surface area contributed by atoms with Gasteiger partial charge in [-0.3, -0.25) is 0 Å². The van der Waals surface area contributed by atoms with Gasteiger partial charge in [0.05, 0.1) is 13.2 Å². The molecule has 0 aromatic rings. The van der Waals surface area contributed by atoms with Crippen LogP contribution in [0.2, 0.25) is 0 Å². The van der Waals surface area contributed by atoms with E-state index in [-0.39, 0.29) is 0 Å². The number of hydrogen-bond donors (Lipinski definition) is 0. The molecule has 1 aliphatic heterocycles. The van der Waals surface area contributed by atoms with E-state index < -0.39 is 0 Å². The fourth-order valence-electron chi connectivity index (χ4n) is 1.03. The van der Waals surface area contributed by atoms with Crippen molar-refractivity contribution in [2.75, 3.05) is 24.2 Å². The highest BCUT2D eigenvalue weighted by Crippen LogP contribution is 2.09. The highest BCUT2D eigenvalue weighted by atomic mass is 127. The Hall–Kier alpha value is 0.650. The fraction of sp³-hybridized carbons (Fsp3) is 1.00. The number of hydrogen-bond acceptors (Lipinski definition) is 2. The lowest BCUT2D eigenvalue weighted by atomic mass is 10.2. The van der Waals surface area contributed by atoms with E-state index in [9.17, 15) is 0 Å². The Morgan fingerprint density at radius 1 is 1.25 bits per heavy atom. The van der Waals surface area contributed by atoms with Crippen LogP contribution >= 0.6 is 22.6 Å². The largest absolute Gasteiger partial charge is 0.379 e. The van der Waals surface area contributed by atoms with Gasteiger partial charge in [-0.2, -0.15) is 0 Å². The molecule has 72 valence electrons. The van der Waals surface area contributed by atoms with Crippen LogP contribution in [0.15, 0.2) is 0 Å². The Kier molecular flexibility index (Phi) is 6.34. The zero-order valence-electron chi connectivity index (χ0n) is 7.43. The molecule has 1 saturated heterocycles. The lowest BCUT2D eigenvalue weighted by molar-refractivity contribution is 0.113. The first-order valence-electron chi connectivity index (χ1n) is 4.69. The van der Waals surface area contributed by atoms with Crippen LogP contribution in [-0.4, -0.2) is 30.4 Å². The standard InChI is InChI=1S/C9H17IO2/c10-5-3-1-2-4-6-11-7-9-8-12-9/h9H,1-8H2. The smallest absolute Gasteiger partial charge is 0.104 e. The van der Waals surface area contributed by atoms with Gasteiger partial charge < -0.3 is 9.47 Å². The van der Waals surface area contributed by atoms with Crippen molar-refractivity contribution in [3.63, 3.8) is 0 Å². The number of epoxide rings is 1. The topological polar surface area (TPSA) is 21.8 Å². The summed E-state index contributed by atoms with van der Waals surface area (Å²) in [5.41, 5.74) is 0. The molecule has 0 spiro atoms. The minimum Gasteiger partial charge on any atom is -0.379 e. The van der Waals surface area contributed by atoms with Gasteiger partial charge in [0.15, 0.2) is 0 Å². The molecule has 0 aromatic heterocycles.